The zero-order valence-corrected chi connectivity index (χ0v) is 20.4. The van der Waals surface area contributed by atoms with E-state index in [0.29, 0.717) is 36.4 Å². The molecule has 1 aliphatic heterocycles. The normalized spacial score (nSPS) is 19.1. The molecule has 1 fully saturated rings. The van der Waals surface area contributed by atoms with Crippen LogP contribution in [0.15, 0.2) is 36.7 Å². The third-order valence-electron chi connectivity index (χ3n) is 5.33. The van der Waals surface area contributed by atoms with Crippen LogP contribution in [-0.2, 0) is 30.1 Å². The van der Waals surface area contributed by atoms with Gasteiger partial charge in [0.05, 0.1) is 25.6 Å². The van der Waals surface area contributed by atoms with Gasteiger partial charge in [0.15, 0.2) is 17.0 Å². The quantitative estimate of drug-likeness (QED) is 0.203. The molecule has 0 amide bonds. The number of nitrogens with zero attached hydrogens (tertiary/aromatic N) is 4. The van der Waals surface area contributed by atoms with Gasteiger partial charge in [-0.1, -0.05) is 30.3 Å². The number of imidazole rings is 1. The van der Waals surface area contributed by atoms with E-state index in [1.54, 1.807) is 10.9 Å². The second kappa shape index (κ2) is 11.0. The Morgan fingerprint density at radius 1 is 1.31 bits per heavy atom. The van der Waals surface area contributed by atoms with Crippen LogP contribution in [0.1, 0.15) is 31.6 Å². The molecule has 3 N–H and O–H groups in total. The average molecular weight is 526 g/mol. The minimum Gasteiger partial charge on any atom is -0.464 e. The van der Waals surface area contributed by atoms with E-state index in [1.807, 2.05) is 30.3 Å². The van der Waals surface area contributed by atoms with Crippen LogP contribution in [-0.4, -0.2) is 60.4 Å². The van der Waals surface area contributed by atoms with Gasteiger partial charge in [-0.2, -0.15) is 9.97 Å². The summed E-state index contributed by atoms with van der Waals surface area (Å²) in [4.78, 5) is 43.8. The highest BCUT2D eigenvalue weighted by Gasteiger charge is 2.40. The van der Waals surface area contributed by atoms with Gasteiger partial charge in [0, 0.05) is 6.54 Å². The molecule has 3 aromatic rings. The molecule has 0 bridgehead atoms. The first-order valence-corrected chi connectivity index (χ1v) is 13.0. The van der Waals surface area contributed by atoms with E-state index >= 15 is 0 Å². The number of anilines is 1. The summed E-state index contributed by atoms with van der Waals surface area (Å²) in [7, 11) is -4.86. The van der Waals surface area contributed by atoms with Crippen LogP contribution in [0, 0.1) is 0 Å². The molecule has 0 spiro atoms. The van der Waals surface area contributed by atoms with Crippen molar-refractivity contribution in [2.45, 2.75) is 44.5 Å². The third-order valence-corrected chi connectivity index (χ3v) is 6.47. The standard InChI is InChI=1S/C21H25ClN5O7P/c1-2-32-19(28)20(35(29,30)31)33-11-14-8-9-15(34-14)27-12-24-16-17(25-21(22)26-18(16)27)23-10-13-6-4-3-5-7-13/h3-7,12,14-15,20H,2,8-11H2,1H3,(H,23,25,26)(H2,29,30,31). The molecular formula is C21H25ClN5O7P. The van der Waals surface area contributed by atoms with E-state index in [0.717, 1.165) is 5.56 Å². The monoisotopic (exact) mass is 525 g/mol. The Hall–Kier alpha value is -2.60. The molecule has 0 radical (unpaired) electrons. The van der Waals surface area contributed by atoms with Crippen molar-refractivity contribution in [2.75, 3.05) is 18.5 Å². The van der Waals surface area contributed by atoms with Gasteiger partial charge >= 0.3 is 13.6 Å². The lowest BCUT2D eigenvalue weighted by Gasteiger charge is -2.20. The van der Waals surface area contributed by atoms with Gasteiger partial charge in [0.1, 0.15) is 6.23 Å². The molecule has 0 aliphatic carbocycles. The van der Waals surface area contributed by atoms with E-state index in [9.17, 15) is 19.1 Å². The lowest BCUT2D eigenvalue weighted by Crippen LogP contribution is -2.30. The van der Waals surface area contributed by atoms with Crippen LogP contribution in [0.2, 0.25) is 5.28 Å². The predicted octanol–water partition coefficient (Wildman–Crippen LogP) is 2.85. The van der Waals surface area contributed by atoms with E-state index in [2.05, 4.69) is 20.3 Å². The first-order valence-electron chi connectivity index (χ1n) is 10.9. The lowest BCUT2D eigenvalue weighted by atomic mass is 10.2. The van der Waals surface area contributed by atoms with Crippen molar-refractivity contribution in [1.82, 2.24) is 19.5 Å². The number of carbonyl (C=O) groups excluding carboxylic acids is 1. The van der Waals surface area contributed by atoms with Crippen molar-refractivity contribution in [3.8, 4) is 0 Å². The largest absolute Gasteiger partial charge is 0.464 e. The second-order valence-electron chi connectivity index (χ2n) is 7.82. The smallest absolute Gasteiger partial charge is 0.365 e. The molecule has 1 aromatic carbocycles. The van der Waals surface area contributed by atoms with Crippen LogP contribution < -0.4 is 5.32 Å². The molecule has 3 atom stereocenters. The number of benzene rings is 1. The molecular weight excluding hydrogens is 501 g/mol. The van der Waals surface area contributed by atoms with E-state index in [-0.39, 0.29) is 18.5 Å². The SMILES string of the molecule is CCOC(=O)C(OCC1CCC(n2cnc3c(NCc4ccccc4)nc(Cl)nc32)O1)P(=O)(O)O. The van der Waals surface area contributed by atoms with Crippen molar-refractivity contribution in [2.24, 2.45) is 0 Å². The maximum atomic E-state index is 11.9. The molecule has 14 heteroatoms. The Morgan fingerprint density at radius 2 is 2.09 bits per heavy atom. The Kier molecular flexibility index (Phi) is 8.00. The molecule has 0 saturated carbocycles. The number of fused-ring (bicyclic) bond motifs is 1. The minimum absolute atomic E-state index is 0.0268. The van der Waals surface area contributed by atoms with Gasteiger partial charge in [0.25, 0.3) is 5.85 Å². The summed E-state index contributed by atoms with van der Waals surface area (Å²) in [5.41, 5.74) is 2.07. The molecule has 35 heavy (non-hydrogen) atoms. The number of ether oxygens (including phenoxy) is 3. The summed E-state index contributed by atoms with van der Waals surface area (Å²) < 4.78 is 29.3. The number of aromatic nitrogens is 4. The molecule has 1 aliphatic rings. The van der Waals surface area contributed by atoms with Crippen molar-refractivity contribution >= 4 is 42.1 Å². The van der Waals surface area contributed by atoms with Crippen LogP contribution in [0.3, 0.4) is 0 Å². The fourth-order valence-corrected chi connectivity index (χ4v) is 4.53. The number of rotatable bonds is 10. The minimum atomic E-state index is -4.86. The topological polar surface area (TPSA) is 158 Å². The van der Waals surface area contributed by atoms with Gasteiger partial charge in [-0.25, -0.2) is 9.78 Å². The molecule has 4 rings (SSSR count). The number of nitrogens with one attached hydrogen (secondary N) is 1. The summed E-state index contributed by atoms with van der Waals surface area (Å²) in [5.74, 6) is -2.62. The first-order chi connectivity index (χ1) is 16.8. The molecule has 188 valence electrons. The van der Waals surface area contributed by atoms with Gasteiger partial charge in [0.2, 0.25) is 5.28 Å². The van der Waals surface area contributed by atoms with Gasteiger partial charge in [-0.15, -0.1) is 0 Å². The zero-order valence-electron chi connectivity index (χ0n) is 18.8. The van der Waals surface area contributed by atoms with Gasteiger partial charge in [-0.3, -0.25) is 9.13 Å². The molecule has 2 aromatic heterocycles. The van der Waals surface area contributed by atoms with Crippen molar-refractivity contribution in [3.63, 3.8) is 0 Å². The van der Waals surface area contributed by atoms with Gasteiger partial charge in [-0.05, 0) is 36.9 Å². The number of hydrogen-bond acceptors (Lipinski definition) is 9. The first kappa shape index (κ1) is 25.5. The molecule has 12 nitrogen and oxygen atoms in total. The summed E-state index contributed by atoms with van der Waals surface area (Å²) in [6.07, 6.45) is 1.70. The highest BCUT2D eigenvalue weighted by molar-refractivity contribution is 7.53. The maximum Gasteiger partial charge on any atom is 0.365 e. The fourth-order valence-electron chi connectivity index (χ4n) is 3.73. The Labute approximate surface area is 205 Å². The van der Waals surface area contributed by atoms with Crippen molar-refractivity contribution < 1.29 is 33.4 Å². The van der Waals surface area contributed by atoms with Crippen molar-refractivity contribution in [1.29, 1.82) is 0 Å². The lowest BCUT2D eigenvalue weighted by molar-refractivity contribution is -0.154. The zero-order chi connectivity index (χ0) is 25.0. The fraction of sp³-hybridized carbons (Fsp3) is 0.429. The third kappa shape index (κ3) is 6.16. The Bertz CT molecular complexity index is 1220. The maximum absolute atomic E-state index is 11.9. The summed E-state index contributed by atoms with van der Waals surface area (Å²) in [6.45, 7) is 1.84. The second-order valence-corrected chi connectivity index (χ2v) is 9.81. The van der Waals surface area contributed by atoms with Crippen LogP contribution in [0.25, 0.3) is 11.2 Å². The van der Waals surface area contributed by atoms with E-state index in [1.165, 1.54) is 6.92 Å². The summed E-state index contributed by atoms with van der Waals surface area (Å²) in [6, 6.07) is 9.80. The Morgan fingerprint density at radius 3 is 2.80 bits per heavy atom. The van der Waals surface area contributed by atoms with Gasteiger partial charge < -0.3 is 29.3 Å². The van der Waals surface area contributed by atoms with Crippen LogP contribution in [0.4, 0.5) is 5.82 Å². The number of halogens is 1. The average Bonchev–Trinajstić information content (AvgIpc) is 3.44. The van der Waals surface area contributed by atoms with Crippen LogP contribution >= 0.6 is 19.2 Å². The molecule has 3 unspecified atom stereocenters. The summed E-state index contributed by atoms with van der Waals surface area (Å²) >= 11 is 6.17. The predicted molar refractivity (Wildman–Crippen MR) is 126 cm³/mol. The van der Waals surface area contributed by atoms with E-state index in [4.69, 9.17) is 25.8 Å². The number of carbonyl (C=O) groups is 1. The summed E-state index contributed by atoms with van der Waals surface area (Å²) in [5, 5.41) is 3.28. The molecule has 3 heterocycles. The van der Waals surface area contributed by atoms with Crippen LogP contribution in [0.5, 0.6) is 0 Å². The number of esters is 1. The Balaban J connectivity index is 1.44. The van der Waals surface area contributed by atoms with Crippen molar-refractivity contribution in [3.05, 3.63) is 47.5 Å². The van der Waals surface area contributed by atoms with E-state index < -0.39 is 31.7 Å². The highest BCUT2D eigenvalue weighted by atomic mass is 35.5. The number of hydrogen-bond donors (Lipinski definition) is 3. The molecule has 1 saturated heterocycles. The highest BCUT2D eigenvalue weighted by Crippen LogP contribution is 2.43.